The maximum atomic E-state index is 10.9. The summed E-state index contributed by atoms with van der Waals surface area (Å²) in [5.41, 5.74) is 2.66. The number of aldehydes is 1. The molecule has 0 spiro atoms. The summed E-state index contributed by atoms with van der Waals surface area (Å²) in [4.78, 5) is 10.9. The van der Waals surface area contributed by atoms with Crippen LogP contribution in [0.3, 0.4) is 0 Å². The third-order valence-corrected chi connectivity index (χ3v) is 2.99. The summed E-state index contributed by atoms with van der Waals surface area (Å²) in [6.07, 6.45) is 1.49. The highest BCUT2D eigenvalue weighted by atomic mass is 16.5. The quantitative estimate of drug-likeness (QED) is 0.771. The lowest BCUT2D eigenvalue weighted by atomic mass is 10.0. The lowest BCUT2D eigenvalue weighted by Gasteiger charge is -2.14. The van der Waals surface area contributed by atoms with Crippen LogP contribution in [0.25, 0.3) is 0 Å². The summed E-state index contributed by atoms with van der Waals surface area (Å²) < 4.78 is 10.7. The van der Waals surface area contributed by atoms with Gasteiger partial charge in [-0.2, -0.15) is 0 Å². The van der Waals surface area contributed by atoms with Crippen molar-refractivity contribution in [3.8, 4) is 11.5 Å². The molecule has 3 nitrogen and oxygen atoms in total. The van der Waals surface area contributed by atoms with Gasteiger partial charge in [-0.15, -0.1) is 0 Å². The summed E-state index contributed by atoms with van der Waals surface area (Å²) in [5.74, 6) is 1.34. The molecule has 0 aliphatic rings. The van der Waals surface area contributed by atoms with Crippen molar-refractivity contribution in [1.29, 1.82) is 0 Å². The van der Waals surface area contributed by atoms with Crippen LogP contribution in [0.2, 0.25) is 0 Å². The first-order valence-corrected chi connectivity index (χ1v) is 6.02. The van der Waals surface area contributed by atoms with Gasteiger partial charge in [0, 0.05) is 17.5 Å². The van der Waals surface area contributed by atoms with Crippen LogP contribution in [0, 0.1) is 0 Å². The van der Waals surface area contributed by atoms with Gasteiger partial charge in [0.15, 0.2) is 0 Å². The van der Waals surface area contributed by atoms with Crippen molar-refractivity contribution in [3.63, 3.8) is 0 Å². The predicted octanol–water partition coefficient (Wildman–Crippen LogP) is 3.11. The normalized spacial score (nSPS) is 10.0. The maximum Gasteiger partial charge on any atom is 0.150 e. The molecule has 0 N–H and O–H groups in total. The van der Waals surface area contributed by atoms with Crippen LogP contribution in [-0.4, -0.2) is 20.5 Å². The molecule has 2 aromatic rings. The monoisotopic (exact) mass is 256 g/mol. The van der Waals surface area contributed by atoms with E-state index in [2.05, 4.69) is 0 Å². The Labute approximate surface area is 112 Å². The SMILES string of the molecule is COc1cc(C=O)cc(OC)c1Cc1ccccc1. The van der Waals surface area contributed by atoms with Gasteiger partial charge in [-0.25, -0.2) is 0 Å². The van der Waals surface area contributed by atoms with Gasteiger partial charge in [0.1, 0.15) is 17.8 Å². The summed E-state index contributed by atoms with van der Waals surface area (Å²) in [6.45, 7) is 0. The second kappa shape index (κ2) is 6.05. The van der Waals surface area contributed by atoms with E-state index in [9.17, 15) is 4.79 Å². The van der Waals surface area contributed by atoms with E-state index in [1.54, 1.807) is 26.4 Å². The van der Waals surface area contributed by atoms with Gasteiger partial charge in [-0.05, 0) is 17.7 Å². The molecule has 19 heavy (non-hydrogen) atoms. The molecule has 3 heteroatoms. The van der Waals surface area contributed by atoms with Crippen LogP contribution in [0.4, 0.5) is 0 Å². The van der Waals surface area contributed by atoms with Crippen molar-refractivity contribution < 1.29 is 14.3 Å². The first-order valence-electron chi connectivity index (χ1n) is 6.02. The highest BCUT2D eigenvalue weighted by Gasteiger charge is 2.12. The van der Waals surface area contributed by atoms with Crippen LogP contribution in [-0.2, 0) is 6.42 Å². The zero-order valence-electron chi connectivity index (χ0n) is 11.1. The third-order valence-electron chi connectivity index (χ3n) is 2.99. The Kier molecular flexibility index (Phi) is 4.18. The fourth-order valence-electron chi connectivity index (χ4n) is 2.05. The predicted molar refractivity (Wildman–Crippen MR) is 74.2 cm³/mol. The smallest absolute Gasteiger partial charge is 0.150 e. The van der Waals surface area contributed by atoms with E-state index in [-0.39, 0.29) is 0 Å². The lowest BCUT2D eigenvalue weighted by molar-refractivity contribution is 0.112. The van der Waals surface area contributed by atoms with Crippen molar-refractivity contribution >= 4 is 6.29 Å². The van der Waals surface area contributed by atoms with Gasteiger partial charge in [-0.3, -0.25) is 4.79 Å². The van der Waals surface area contributed by atoms with Gasteiger partial charge in [0.05, 0.1) is 14.2 Å². The lowest BCUT2D eigenvalue weighted by Crippen LogP contribution is -2.00. The van der Waals surface area contributed by atoms with E-state index in [1.165, 1.54) is 0 Å². The second-order valence-electron chi connectivity index (χ2n) is 4.18. The number of benzene rings is 2. The van der Waals surface area contributed by atoms with Gasteiger partial charge in [0.25, 0.3) is 0 Å². The van der Waals surface area contributed by atoms with Crippen LogP contribution in [0.15, 0.2) is 42.5 Å². The molecule has 0 atom stereocenters. The Morgan fingerprint density at radius 1 is 1.00 bits per heavy atom. The maximum absolute atomic E-state index is 10.9. The first-order chi connectivity index (χ1) is 9.28. The van der Waals surface area contributed by atoms with E-state index in [0.29, 0.717) is 23.5 Å². The molecule has 0 bridgehead atoms. The number of rotatable bonds is 5. The molecule has 0 fully saturated rings. The van der Waals surface area contributed by atoms with Crippen molar-refractivity contribution in [2.75, 3.05) is 14.2 Å². The topological polar surface area (TPSA) is 35.5 Å². The number of ether oxygens (including phenoxy) is 2. The number of carbonyl (C=O) groups is 1. The molecular weight excluding hydrogens is 240 g/mol. The highest BCUT2D eigenvalue weighted by Crippen LogP contribution is 2.32. The van der Waals surface area contributed by atoms with E-state index in [1.807, 2.05) is 30.3 Å². The van der Waals surface area contributed by atoms with Gasteiger partial charge >= 0.3 is 0 Å². The molecule has 2 rings (SSSR count). The number of hydrogen-bond donors (Lipinski definition) is 0. The van der Waals surface area contributed by atoms with Crippen LogP contribution >= 0.6 is 0 Å². The van der Waals surface area contributed by atoms with Crippen LogP contribution in [0.5, 0.6) is 11.5 Å². The van der Waals surface area contributed by atoms with E-state index in [0.717, 1.165) is 17.4 Å². The molecule has 0 aromatic heterocycles. The first kappa shape index (κ1) is 13.1. The van der Waals surface area contributed by atoms with Crippen molar-refractivity contribution in [1.82, 2.24) is 0 Å². The average Bonchev–Trinajstić information content (AvgIpc) is 2.48. The van der Waals surface area contributed by atoms with Crippen molar-refractivity contribution in [3.05, 3.63) is 59.2 Å². The Morgan fingerprint density at radius 2 is 1.58 bits per heavy atom. The van der Waals surface area contributed by atoms with Gasteiger partial charge < -0.3 is 9.47 Å². The Hall–Kier alpha value is -2.29. The van der Waals surface area contributed by atoms with E-state index < -0.39 is 0 Å². The average molecular weight is 256 g/mol. The summed E-state index contributed by atoms with van der Waals surface area (Å²) in [7, 11) is 3.19. The van der Waals surface area contributed by atoms with Crippen molar-refractivity contribution in [2.45, 2.75) is 6.42 Å². The Bertz CT molecular complexity index is 536. The molecular formula is C16H16O3. The van der Waals surface area contributed by atoms with Crippen molar-refractivity contribution in [2.24, 2.45) is 0 Å². The molecule has 0 amide bonds. The largest absolute Gasteiger partial charge is 0.496 e. The fourth-order valence-corrected chi connectivity index (χ4v) is 2.05. The molecule has 0 aliphatic heterocycles. The zero-order valence-corrected chi connectivity index (χ0v) is 11.1. The molecule has 0 aliphatic carbocycles. The van der Waals surface area contributed by atoms with Gasteiger partial charge in [-0.1, -0.05) is 30.3 Å². The van der Waals surface area contributed by atoms with Gasteiger partial charge in [0.2, 0.25) is 0 Å². The highest BCUT2D eigenvalue weighted by molar-refractivity contribution is 5.77. The number of hydrogen-bond acceptors (Lipinski definition) is 3. The standard InChI is InChI=1S/C16H16O3/c1-18-15-9-13(11-17)10-16(19-2)14(15)8-12-6-4-3-5-7-12/h3-7,9-11H,8H2,1-2H3. The van der Waals surface area contributed by atoms with E-state index in [4.69, 9.17) is 9.47 Å². The Balaban J connectivity index is 2.45. The summed E-state index contributed by atoms with van der Waals surface area (Å²) in [6, 6.07) is 13.5. The molecule has 0 heterocycles. The molecule has 98 valence electrons. The minimum Gasteiger partial charge on any atom is -0.496 e. The molecule has 0 saturated heterocycles. The number of carbonyl (C=O) groups excluding carboxylic acids is 1. The van der Waals surface area contributed by atoms with E-state index >= 15 is 0 Å². The molecule has 0 unspecified atom stereocenters. The molecule has 0 radical (unpaired) electrons. The Morgan fingerprint density at radius 3 is 2.05 bits per heavy atom. The minimum absolute atomic E-state index is 0.547. The summed E-state index contributed by atoms with van der Waals surface area (Å²) >= 11 is 0. The minimum atomic E-state index is 0.547. The zero-order chi connectivity index (χ0) is 13.7. The van der Waals surface area contributed by atoms with Crippen LogP contribution in [0.1, 0.15) is 21.5 Å². The summed E-state index contributed by atoms with van der Waals surface area (Å²) in [5, 5.41) is 0. The second-order valence-corrected chi connectivity index (χ2v) is 4.18. The molecule has 2 aromatic carbocycles. The van der Waals surface area contributed by atoms with Crippen LogP contribution < -0.4 is 9.47 Å². The third kappa shape index (κ3) is 2.94. The number of methoxy groups -OCH3 is 2. The fraction of sp³-hybridized carbons (Fsp3) is 0.188. The molecule has 0 saturated carbocycles.